The predicted molar refractivity (Wildman–Crippen MR) is 121 cm³/mol. The van der Waals surface area contributed by atoms with Crippen molar-refractivity contribution in [3.8, 4) is 0 Å². The smallest absolute Gasteiger partial charge is 0.263 e. The molecule has 0 aliphatic rings. The monoisotopic (exact) mass is 463 g/mol. The SMILES string of the molecule is Cc1ccc(S(=O)(=O)Nc2nc(C)c(C(=O)NCCc3ccc(Cl)cc3)s2)c(C)c1. The Balaban J connectivity index is 1.66. The molecule has 3 aromatic rings. The minimum atomic E-state index is -3.79. The van der Waals surface area contributed by atoms with Crippen LogP contribution < -0.4 is 10.0 Å². The average Bonchev–Trinajstić information content (AvgIpc) is 3.02. The van der Waals surface area contributed by atoms with Gasteiger partial charge in [0, 0.05) is 11.6 Å². The summed E-state index contributed by atoms with van der Waals surface area (Å²) in [6.45, 7) is 5.77. The molecule has 30 heavy (non-hydrogen) atoms. The molecule has 1 heterocycles. The highest BCUT2D eigenvalue weighted by molar-refractivity contribution is 7.93. The van der Waals surface area contributed by atoms with Gasteiger partial charge in [0.05, 0.1) is 10.6 Å². The van der Waals surface area contributed by atoms with Gasteiger partial charge in [0.15, 0.2) is 5.13 Å². The Morgan fingerprint density at radius 2 is 1.80 bits per heavy atom. The number of amides is 1. The fourth-order valence-corrected chi connectivity index (χ4v) is 5.44. The molecule has 1 aromatic heterocycles. The molecular formula is C21H22ClN3O3S2. The Morgan fingerprint density at radius 3 is 2.47 bits per heavy atom. The number of nitrogens with zero attached hydrogens (tertiary/aromatic N) is 1. The highest BCUT2D eigenvalue weighted by Crippen LogP contribution is 2.26. The number of hydrogen-bond acceptors (Lipinski definition) is 5. The number of hydrogen-bond donors (Lipinski definition) is 2. The molecule has 2 aromatic carbocycles. The zero-order chi connectivity index (χ0) is 21.9. The highest BCUT2D eigenvalue weighted by Gasteiger charge is 2.21. The van der Waals surface area contributed by atoms with E-state index >= 15 is 0 Å². The van der Waals surface area contributed by atoms with E-state index in [2.05, 4.69) is 15.0 Å². The minimum Gasteiger partial charge on any atom is -0.351 e. The number of carbonyl (C=O) groups is 1. The van der Waals surface area contributed by atoms with E-state index in [1.54, 1.807) is 44.2 Å². The molecule has 3 rings (SSSR count). The van der Waals surface area contributed by atoms with Gasteiger partial charge in [0.1, 0.15) is 4.88 Å². The van der Waals surface area contributed by atoms with E-state index in [0.29, 0.717) is 34.1 Å². The molecule has 0 spiro atoms. The molecule has 9 heteroatoms. The summed E-state index contributed by atoms with van der Waals surface area (Å²) in [5, 5.41) is 3.68. The van der Waals surface area contributed by atoms with Gasteiger partial charge >= 0.3 is 0 Å². The molecular weight excluding hydrogens is 442 g/mol. The lowest BCUT2D eigenvalue weighted by Crippen LogP contribution is -2.25. The number of carbonyl (C=O) groups excluding carboxylic acids is 1. The summed E-state index contributed by atoms with van der Waals surface area (Å²) in [7, 11) is -3.79. The molecule has 0 unspecified atom stereocenters. The lowest BCUT2D eigenvalue weighted by molar-refractivity contribution is 0.0957. The van der Waals surface area contributed by atoms with Gasteiger partial charge in [-0.15, -0.1) is 0 Å². The van der Waals surface area contributed by atoms with Gasteiger partial charge in [-0.2, -0.15) is 0 Å². The third-order valence-corrected chi connectivity index (χ3v) is 7.41. The average molecular weight is 464 g/mol. The summed E-state index contributed by atoms with van der Waals surface area (Å²) < 4.78 is 27.9. The van der Waals surface area contributed by atoms with Crippen molar-refractivity contribution in [3.05, 3.63) is 74.7 Å². The summed E-state index contributed by atoms with van der Waals surface area (Å²) in [5.41, 5.74) is 3.16. The number of anilines is 1. The molecule has 6 nitrogen and oxygen atoms in total. The van der Waals surface area contributed by atoms with Crippen LogP contribution >= 0.6 is 22.9 Å². The fourth-order valence-electron chi connectivity index (χ4n) is 2.97. The number of aryl methyl sites for hydroxylation is 3. The molecule has 0 radical (unpaired) electrons. The summed E-state index contributed by atoms with van der Waals surface area (Å²) in [5.74, 6) is -0.282. The molecule has 2 N–H and O–H groups in total. The zero-order valence-corrected chi connectivity index (χ0v) is 19.2. The van der Waals surface area contributed by atoms with E-state index < -0.39 is 10.0 Å². The van der Waals surface area contributed by atoms with Crippen molar-refractivity contribution in [2.24, 2.45) is 0 Å². The standard InChI is InChI=1S/C21H22ClN3O3S2/c1-13-4-9-18(14(2)12-13)30(27,28)25-21-24-15(3)19(29-21)20(26)23-11-10-16-5-7-17(22)8-6-16/h4-9,12H,10-11H2,1-3H3,(H,23,26)(H,24,25). The van der Waals surface area contributed by atoms with Gasteiger partial charge in [-0.3, -0.25) is 9.52 Å². The van der Waals surface area contributed by atoms with Crippen molar-refractivity contribution in [2.75, 3.05) is 11.3 Å². The van der Waals surface area contributed by atoms with Crippen molar-refractivity contribution < 1.29 is 13.2 Å². The molecule has 1 amide bonds. The molecule has 0 aliphatic heterocycles. The lowest BCUT2D eigenvalue weighted by atomic mass is 10.1. The number of halogens is 1. The second kappa shape index (κ2) is 9.16. The number of benzene rings is 2. The lowest BCUT2D eigenvalue weighted by Gasteiger charge is -2.08. The van der Waals surface area contributed by atoms with Crippen LogP contribution in [0.1, 0.15) is 32.1 Å². The predicted octanol–water partition coefficient (Wildman–Crippen LogP) is 4.50. The summed E-state index contributed by atoms with van der Waals surface area (Å²) in [6, 6.07) is 12.5. The van der Waals surface area contributed by atoms with Gasteiger partial charge in [-0.25, -0.2) is 13.4 Å². The normalized spacial score (nSPS) is 11.3. The van der Waals surface area contributed by atoms with Gasteiger partial charge in [0.25, 0.3) is 15.9 Å². The summed E-state index contributed by atoms with van der Waals surface area (Å²) in [4.78, 5) is 17.3. The van der Waals surface area contributed by atoms with Crippen molar-refractivity contribution in [3.63, 3.8) is 0 Å². The first-order valence-corrected chi connectivity index (χ1v) is 11.9. The highest BCUT2D eigenvalue weighted by atomic mass is 35.5. The third-order valence-electron chi connectivity index (χ3n) is 4.46. The molecule has 0 aliphatic carbocycles. The first-order chi connectivity index (χ1) is 14.2. The molecule has 0 saturated heterocycles. The maximum atomic E-state index is 12.7. The quantitative estimate of drug-likeness (QED) is 0.540. The van der Waals surface area contributed by atoms with E-state index in [9.17, 15) is 13.2 Å². The summed E-state index contributed by atoms with van der Waals surface area (Å²) >= 11 is 6.89. The van der Waals surface area contributed by atoms with Crippen LogP contribution in [0.15, 0.2) is 47.4 Å². The first kappa shape index (κ1) is 22.3. The number of thiazole rings is 1. The first-order valence-electron chi connectivity index (χ1n) is 9.26. The number of sulfonamides is 1. The van der Waals surface area contributed by atoms with Crippen molar-refractivity contribution in [1.29, 1.82) is 0 Å². The van der Waals surface area contributed by atoms with Crippen LogP contribution in [0, 0.1) is 20.8 Å². The number of rotatable bonds is 7. The van der Waals surface area contributed by atoms with Crippen molar-refractivity contribution in [2.45, 2.75) is 32.1 Å². The van der Waals surface area contributed by atoms with Crippen LogP contribution in [-0.4, -0.2) is 25.9 Å². The number of nitrogens with one attached hydrogen (secondary N) is 2. The maximum absolute atomic E-state index is 12.7. The fraction of sp³-hybridized carbons (Fsp3) is 0.238. The Morgan fingerprint density at radius 1 is 1.10 bits per heavy atom. The van der Waals surface area contributed by atoms with Crippen LogP contribution in [-0.2, 0) is 16.4 Å². The second-order valence-electron chi connectivity index (χ2n) is 6.94. The van der Waals surface area contributed by atoms with E-state index in [1.807, 2.05) is 19.1 Å². The molecule has 0 fully saturated rings. The van der Waals surface area contributed by atoms with E-state index in [4.69, 9.17) is 11.6 Å². The molecule has 158 valence electrons. The van der Waals surface area contributed by atoms with E-state index in [0.717, 1.165) is 22.5 Å². The van der Waals surface area contributed by atoms with Crippen LogP contribution in [0.3, 0.4) is 0 Å². The third kappa shape index (κ3) is 5.38. The Bertz CT molecular complexity index is 1170. The van der Waals surface area contributed by atoms with Crippen LogP contribution in [0.4, 0.5) is 5.13 Å². The van der Waals surface area contributed by atoms with Gasteiger partial charge < -0.3 is 5.32 Å². The van der Waals surface area contributed by atoms with Gasteiger partial charge in [0.2, 0.25) is 0 Å². The zero-order valence-electron chi connectivity index (χ0n) is 16.8. The van der Waals surface area contributed by atoms with Crippen LogP contribution in [0.25, 0.3) is 0 Å². The van der Waals surface area contributed by atoms with Crippen LogP contribution in [0.2, 0.25) is 5.02 Å². The Hall–Kier alpha value is -2.42. The van der Waals surface area contributed by atoms with Gasteiger partial charge in [-0.05, 0) is 56.5 Å². The second-order valence-corrected chi connectivity index (χ2v) is 10.0. The van der Waals surface area contributed by atoms with Gasteiger partial charge in [-0.1, -0.05) is 52.8 Å². The molecule has 0 atom stereocenters. The summed E-state index contributed by atoms with van der Waals surface area (Å²) in [6.07, 6.45) is 0.660. The van der Waals surface area contributed by atoms with Crippen LogP contribution in [0.5, 0.6) is 0 Å². The topological polar surface area (TPSA) is 88.2 Å². The Kier molecular flexibility index (Phi) is 6.80. The van der Waals surface area contributed by atoms with E-state index in [1.165, 1.54) is 0 Å². The van der Waals surface area contributed by atoms with Crippen molar-refractivity contribution >= 4 is 44.0 Å². The number of aromatic nitrogens is 1. The largest absolute Gasteiger partial charge is 0.351 e. The van der Waals surface area contributed by atoms with E-state index in [-0.39, 0.29) is 15.9 Å². The molecule has 0 saturated carbocycles. The Labute approximate surface area is 185 Å². The van der Waals surface area contributed by atoms with Crippen molar-refractivity contribution in [1.82, 2.24) is 10.3 Å². The maximum Gasteiger partial charge on any atom is 0.263 e. The molecule has 0 bridgehead atoms. The minimum absolute atomic E-state index is 0.162.